The van der Waals surface area contributed by atoms with Crippen molar-refractivity contribution in [1.29, 1.82) is 0 Å². The number of para-hydroxylation sites is 3. The van der Waals surface area contributed by atoms with E-state index in [0.29, 0.717) is 0 Å². The predicted octanol–water partition coefficient (Wildman–Crippen LogP) is 15.6. The van der Waals surface area contributed by atoms with Gasteiger partial charge in [0.25, 0.3) is 0 Å². The van der Waals surface area contributed by atoms with Gasteiger partial charge in [-0.3, -0.25) is 0 Å². The second-order valence-electron chi connectivity index (χ2n) is 16.2. The van der Waals surface area contributed by atoms with E-state index in [4.69, 9.17) is 0 Å². The Labute approximate surface area is 345 Å². The zero-order valence-electron chi connectivity index (χ0n) is 33.2. The third kappa shape index (κ3) is 5.79. The molecule has 1 heterocycles. The Balaban J connectivity index is 1.00. The average molecular weight is 755 g/mol. The Bertz CT molecular complexity index is 3170. The molecule has 1 aromatic heterocycles. The topological polar surface area (TPSA) is 8.17 Å². The maximum atomic E-state index is 2.43. The van der Waals surface area contributed by atoms with E-state index in [1.807, 2.05) is 0 Å². The fourth-order valence-electron chi connectivity index (χ4n) is 9.48. The average Bonchev–Trinajstić information content (AvgIpc) is 3.75. The molecule has 0 unspecified atom stereocenters. The Hall–Kier alpha value is -7.42. The fraction of sp³-hybridized carbons (Fsp3) is 0.0526. The molecule has 0 N–H and O–H groups in total. The molecule has 0 saturated carbocycles. The minimum absolute atomic E-state index is 0.0987. The van der Waals surface area contributed by atoms with E-state index < -0.39 is 0 Å². The van der Waals surface area contributed by atoms with Crippen molar-refractivity contribution in [1.82, 2.24) is 4.57 Å². The van der Waals surface area contributed by atoms with Crippen molar-refractivity contribution in [2.24, 2.45) is 0 Å². The Morgan fingerprint density at radius 2 is 0.949 bits per heavy atom. The van der Waals surface area contributed by atoms with E-state index >= 15 is 0 Å². The van der Waals surface area contributed by atoms with Gasteiger partial charge in [0.1, 0.15) is 0 Å². The minimum atomic E-state index is -0.0987. The highest BCUT2D eigenvalue weighted by molar-refractivity contribution is 6.10. The van der Waals surface area contributed by atoms with Crippen LogP contribution in [0.25, 0.3) is 72.0 Å². The summed E-state index contributed by atoms with van der Waals surface area (Å²) in [5, 5.41) is 2.49. The normalized spacial score (nSPS) is 12.7. The van der Waals surface area contributed by atoms with Gasteiger partial charge in [0.2, 0.25) is 0 Å². The summed E-state index contributed by atoms with van der Waals surface area (Å²) in [6, 6.07) is 79.8. The van der Waals surface area contributed by atoms with E-state index in [1.54, 1.807) is 0 Å². The van der Waals surface area contributed by atoms with Gasteiger partial charge in [0, 0.05) is 38.8 Å². The molecular formula is C57H42N2. The number of rotatable bonds is 7. The van der Waals surface area contributed by atoms with Gasteiger partial charge in [-0.1, -0.05) is 166 Å². The lowest BCUT2D eigenvalue weighted by Crippen LogP contribution is -2.16. The summed E-state index contributed by atoms with van der Waals surface area (Å²) in [5.41, 5.74) is 19.4. The van der Waals surface area contributed by atoms with Crippen molar-refractivity contribution in [3.63, 3.8) is 0 Å². The van der Waals surface area contributed by atoms with Crippen molar-refractivity contribution in [3.05, 3.63) is 230 Å². The van der Waals surface area contributed by atoms with Crippen molar-refractivity contribution >= 4 is 38.9 Å². The quantitative estimate of drug-likeness (QED) is 0.157. The summed E-state index contributed by atoms with van der Waals surface area (Å²) in [6.07, 6.45) is 0. The van der Waals surface area contributed by atoms with E-state index in [9.17, 15) is 0 Å². The molecule has 0 aliphatic heterocycles. The monoisotopic (exact) mass is 754 g/mol. The molecule has 0 saturated heterocycles. The predicted molar refractivity (Wildman–Crippen MR) is 249 cm³/mol. The molecular weight excluding hydrogens is 713 g/mol. The summed E-state index contributed by atoms with van der Waals surface area (Å²) in [4.78, 5) is 2.43. The first-order chi connectivity index (χ1) is 29.0. The number of anilines is 3. The lowest BCUT2D eigenvalue weighted by molar-refractivity contribution is 0.660. The highest BCUT2D eigenvalue weighted by Crippen LogP contribution is 2.51. The molecule has 0 bridgehead atoms. The fourth-order valence-corrected chi connectivity index (χ4v) is 9.48. The standard InChI is InChI=1S/C57H42N2/c1-57(2)52-25-12-9-23-48(52)49-34-33-46(38-53(49)57)58(44-20-7-4-8-21-44)54-26-13-10-22-47(54)43-19-15-18-41(36-43)42-30-35-56-51(37-42)50-24-11-14-27-55(50)59(56)45-31-28-40(29-32-45)39-16-5-3-6-17-39/h3-38H,1-2H3. The van der Waals surface area contributed by atoms with Gasteiger partial charge in [0.05, 0.1) is 16.7 Å². The highest BCUT2D eigenvalue weighted by Gasteiger charge is 2.36. The number of benzene rings is 9. The minimum Gasteiger partial charge on any atom is -0.310 e. The molecule has 0 atom stereocenters. The van der Waals surface area contributed by atoms with E-state index in [2.05, 4.69) is 242 Å². The summed E-state index contributed by atoms with van der Waals surface area (Å²) >= 11 is 0. The van der Waals surface area contributed by atoms with Crippen LogP contribution in [-0.4, -0.2) is 4.57 Å². The first-order valence-electron chi connectivity index (χ1n) is 20.5. The Kier molecular flexibility index (Phi) is 8.20. The van der Waals surface area contributed by atoms with Crippen LogP contribution in [0.3, 0.4) is 0 Å². The van der Waals surface area contributed by atoms with Gasteiger partial charge in [-0.15, -0.1) is 0 Å². The van der Waals surface area contributed by atoms with Gasteiger partial charge >= 0.3 is 0 Å². The van der Waals surface area contributed by atoms with Crippen molar-refractivity contribution in [2.75, 3.05) is 4.90 Å². The first-order valence-corrected chi connectivity index (χ1v) is 20.5. The Morgan fingerprint density at radius 3 is 1.78 bits per heavy atom. The summed E-state index contributed by atoms with van der Waals surface area (Å²) in [7, 11) is 0. The second kappa shape index (κ2) is 13.9. The molecule has 10 aromatic rings. The number of aromatic nitrogens is 1. The van der Waals surface area contributed by atoms with E-state index in [0.717, 1.165) is 22.7 Å². The zero-order valence-corrected chi connectivity index (χ0v) is 33.2. The maximum absolute atomic E-state index is 2.43. The smallest absolute Gasteiger partial charge is 0.0541 e. The molecule has 0 spiro atoms. The van der Waals surface area contributed by atoms with Crippen LogP contribution in [0.4, 0.5) is 17.1 Å². The van der Waals surface area contributed by atoms with Crippen LogP contribution in [0.5, 0.6) is 0 Å². The van der Waals surface area contributed by atoms with Crippen LogP contribution < -0.4 is 4.90 Å². The van der Waals surface area contributed by atoms with Crippen LogP contribution in [-0.2, 0) is 5.41 Å². The second-order valence-corrected chi connectivity index (χ2v) is 16.2. The number of hydrogen-bond donors (Lipinski definition) is 0. The van der Waals surface area contributed by atoms with Crippen LogP contribution in [0.2, 0.25) is 0 Å². The first kappa shape index (κ1) is 34.8. The van der Waals surface area contributed by atoms with Crippen molar-refractivity contribution in [3.8, 4) is 50.2 Å². The van der Waals surface area contributed by atoms with Gasteiger partial charge in [-0.05, 0) is 117 Å². The van der Waals surface area contributed by atoms with Crippen molar-refractivity contribution < 1.29 is 0 Å². The number of nitrogens with zero attached hydrogens (tertiary/aromatic N) is 2. The zero-order chi connectivity index (χ0) is 39.5. The number of fused-ring (bicyclic) bond motifs is 6. The molecule has 1 aliphatic rings. The molecule has 1 aliphatic carbocycles. The van der Waals surface area contributed by atoms with Gasteiger partial charge in [-0.2, -0.15) is 0 Å². The van der Waals surface area contributed by atoms with Gasteiger partial charge in [-0.25, -0.2) is 0 Å². The summed E-state index contributed by atoms with van der Waals surface area (Å²) in [6.45, 7) is 4.71. The molecule has 9 aromatic carbocycles. The SMILES string of the molecule is CC1(C)c2ccccc2-c2ccc(N(c3ccccc3)c3ccccc3-c3cccc(-c4ccc5c(c4)c4ccccc4n5-c4ccc(-c5ccccc5)cc4)c3)cc21. The third-order valence-corrected chi connectivity index (χ3v) is 12.4. The summed E-state index contributed by atoms with van der Waals surface area (Å²) in [5.74, 6) is 0. The largest absolute Gasteiger partial charge is 0.310 e. The molecule has 280 valence electrons. The molecule has 2 heteroatoms. The molecule has 11 rings (SSSR count). The molecule has 59 heavy (non-hydrogen) atoms. The van der Waals surface area contributed by atoms with E-state index in [1.165, 1.54) is 77.4 Å². The highest BCUT2D eigenvalue weighted by atomic mass is 15.1. The van der Waals surface area contributed by atoms with Crippen LogP contribution >= 0.6 is 0 Å². The van der Waals surface area contributed by atoms with Crippen molar-refractivity contribution in [2.45, 2.75) is 19.3 Å². The van der Waals surface area contributed by atoms with Gasteiger partial charge < -0.3 is 9.47 Å². The molecule has 2 nitrogen and oxygen atoms in total. The van der Waals surface area contributed by atoms with E-state index in [-0.39, 0.29) is 5.41 Å². The molecule has 0 radical (unpaired) electrons. The van der Waals surface area contributed by atoms with Crippen LogP contribution in [0.1, 0.15) is 25.0 Å². The summed E-state index contributed by atoms with van der Waals surface area (Å²) < 4.78 is 2.40. The van der Waals surface area contributed by atoms with Crippen LogP contribution in [0.15, 0.2) is 218 Å². The third-order valence-electron chi connectivity index (χ3n) is 12.4. The number of hydrogen-bond acceptors (Lipinski definition) is 1. The molecule has 0 amide bonds. The van der Waals surface area contributed by atoms with Gasteiger partial charge in [0.15, 0.2) is 0 Å². The lowest BCUT2D eigenvalue weighted by atomic mass is 9.82. The Morgan fingerprint density at radius 1 is 0.356 bits per heavy atom. The van der Waals surface area contributed by atoms with Crippen LogP contribution in [0, 0.1) is 0 Å². The lowest BCUT2D eigenvalue weighted by Gasteiger charge is -2.29. The maximum Gasteiger partial charge on any atom is 0.0541 e. The molecule has 0 fully saturated rings.